The number of ether oxygens (including phenoxy) is 1. The first-order chi connectivity index (χ1) is 3.72. The summed E-state index contributed by atoms with van der Waals surface area (Å²) in [5, 5.41) is 0. The lowest BCUT2D eigenvalue weighted by molar-refractivity contribution is 0.128. The molecule has 0 saturated heterocycles. The van der Waals surface area contributed by atoms with Gasteiger partial charge in [-0.2, -0.15) is 0 Å². The molecule has 3 heteroatoms. The highest BCUT2D eigenvalue weighted by Crippen LogP contribution is 1.84. The molecule has 0 saturated carbocycles. The third-order valence-electron chi connectivity index (χ3n) is 0.509. The van der Waals surface area contributed by atoms with E-state index in [1.54, 1.807) is 0 Å². The lowest BCUT2D eigenvalue weighted by Crippen LogP contribution is -2.19. The predicted molar refractivity (Wildman–Crippen MR) is 25.8 cm³/mol. The van der Waals surface area contributed by atoms with Crippen LogP contribution in [0.3, 0.4) is 0 Å². The summed E-state index contributed by atoms with van der Waals surface area (Å²) in [4.78, 5) is 0. The molecule has 0 rings (SSSR count). The highest BCUT2D eigenvalue weighted by molar-refractivity contribution is 4.51. The first-order valence-corrected chi connectivity index (χ1v) is 2.01. The fourth-order valence-corrected chi connectivity index (χ4v) is 0.203. The SMILES string of the molecule is [2H]C(OC)C(F)CN. The van der Waals surface area contributed by atoms with Gasteiger partial charge >= 0.3 is 0 Å². The molecule has 2 unspecified atom stereocenters. The van der Waals surface area contributed by atoms with Crippen molar-refractivity contribution in [3.05, 3.63) is 0 Å². The average Bonchev–Trinajstić information content (AvgIpc) is 1.84. The van der Waals surface area contributed by atoms with Crippen molar-refractivity contribution in [3.8, 4) is 0 Å². The van der Waals surface area contributed by atoms with Crippen LogP contribution in [0.5, 0.6) is 0 Å². The van der Waals surface area contributed by atoms with Crippen molar-refractivity contribution in [2.24, 2.45) is 5.73 Å². The van der Waals surface area contributed by atoms with E-state index in [4.69, 9.17) is 7.10 Å². The van der Waals surface area contributed by atoms with Gasteiger partial charge in [-0.05, 0) is 0 Å². The maximum absolute atomic E-state index is 12.1. The molecule has 0 spiro atoms. The average molecular weight is 108 g/mol. The van der Waals surface area contributed by atoms with Crippen LogP contribution in [0.25, 0.3) is 0 Å². The van der Waals surface area contributed by atoms with Crippen LogP contribution in [0.2, 0.25) is 0 Å². The second-order valence-corrected chi connectivity index (χ2v) is 1.12. The number of hydrogen-bond acceptors (Lipinski definition) is 2. The summed E-state index contributed by atoms with van der Waals surface area (Å²) in [5.41, 5.74) is 4.87. The van der Waals surface area contributed by atoms with Crippen molar-refractivity contribution >= 4 is 0 Å². The number of rotatable bonds is 3. The van der Waals surface area contributed by atoms with Gasteiger partial charge in [-0.1, -0.05) is 0 Å². The monoisotopic (exact) mass is 108 g/mol. The summed E-state index contributed by atoms with van der Waals surface area (Å²) >= 11 is 0. The Bertz CT molecular complexity index is 56.0. The zero-order chi connectivity index (χ0) is 6.57. The van der Waals surface area contributed by atoms with Crippen molar-refractivity contribution in [1.82, 2.24) is 0 Å². The highest BCUT2D eigenvalue weighted by atomic mass is 19.1. The van der Waals surface area contributed by atoms with Crippen LogP contribution >= 0.6 is 0 Å². The van der Waals surface area contributed by atoms with E-state index in [0.29, 0.717) is 0 Å². The largest absolute Gasteiger partial charge is 0.382 e. The topological polar surface area (TPSA) is 35.2 Å². The van der Waals surface area contributed by atoms with Gasteiger partial charge in [-0.3, -0.25) is 0 Å². The molecule has 7 heavy (non-hydrogen) atoms. The summed E-state index contributed by atoms with van der Waals surface area (Å²) in [6.07, 6.45) is -1.36. The lowest BCUT2D eigenvalue weighted by atomic mass is 10.4. The molecule has 0 bridgehead atoms. The van der Waals surface area contributed by atoms with E-state index in [-0.39, 0.29) is 6.54 Å². The Balaban J connectivity index is 3.29. The Morgan fingerprint density at radius 2 is 2.71 bits per heavy atom. The van der Waals surface area contributed by atoms with Crippen LogP contribution in [0.1, 0.15) is 1.37 Å². The second kappa shape index (κ2) is 4.02. The standard InChI is InChI=1S/C4H10FNO/c1-7-3-4(5)2-6/h4H,2-3,6H2,1H3/i3D. The van der Waals surface area contributed by atoms with Crippen LogP contribution in [0.15, 0.2) is 0 Å². The molecular formula is C4H10FNO. The summed E-state index contributed by atoms with van der Waals surface area (Å²) < 4.78 is 23.2. The van der Waals surface area contributed by atoms with Crippen LogP contribution < -0.4 is 5.73 Å². The molecule has 0 aliphatic carbocycles. The van der Waals surface area contributed by atoms with Crippen LogP contribution in [0, 0.1) is 0 Å². The first kappa shape index (κ1) is 5.00. The van der Waals surface area contributed by atoms with Gasteiger partial charge in [0.05, 0.1) is 7.95 Å². The van der Waals surface area contributed by atoms with Gasteiger partial charge in [-0.15, -0.1) is 0 Å². The van der Waals surface area contributed by atoms with E-state index < -0.39 is 12.8 Å². The van der Waals surface area contributed by atoms with Gasteiger partial charge in [0.2, 0.25) is 0 Å². The Morgan fingerprint density at radius 1 is 2.14 bits per heavy atom. The molecule has 44 valence electrons. The molecule has 0 aromatic rings. The van der Waals surface area contributed by atoms with Gasteiger partial charge in [0.25, 0.3) is 0 Å². The lowest BCUT2D eigenvalue weighted by Gasteiger charge is -1.99. The molecule has 0 aromatic carbocycles. The van der Waals surface area contributed by atoms with Crippen molar-refractivity contribution in [3.63, 3.8) is 0 Å². The number of halogens is 1. The van der Waals surface area contributed by atoms with Crippen LogP contribution in [-0.4, -0.2) is 26.4 Å². The number of methoxy groups -OCH3 is 1. The molecule has 0 aliphatic heterocycles. The zero-order valence-electron chi connectivity index (χ0n) is 5.23. The smallest absolute Gasteiger partial charge is 0.135 e. The summed E-state index contributed by atoms with van der Waals surface area (Å²) in [5.74, 6) is 0. The predicted octanol–water partition coefficient (Wildman–Crippen LogP) is -0.0704. The van der Waals surface area contributed by atoms with Gasteiger partial charge in [0.1, 0.15) is 6.17 Å². The molecule has 0 aliphatic rings. The highest BCUT2D eigenvalue weighted by Gasteiger charge is 1.98. The van der Waals surface area contributed by atoms with Crippen LogP contribution in [0.4, 0.5) is 4.39 Å². The van der Waals surface area contributed by atoms with E-state index in [1.807, 2.05) is 0 Å². The number of nitrogens with two attached hydrogens (primary N) is 1. The zero-order valence-corrected chi connectivity index (χ0v) is 4.23. The third-order valence-corrected chi connectivity index (χ3v) is 0.509. The molecule has 2 nitrogen and oxygen atoms in total. The van der Waals surface area contributed by atoms with Gasteiger partial charge in [-0.25, -0.2) is 4.39 Å². The molecule has 2 N–H and O–H groups in total. The number of hydrogen-bond donors (Lipinski definition) is 1. The first-order valence-electron chi connectivity index (χ1n) is 2.59. The normalized spacial score (nSPS) is 20.7. The Labute approximate surface area is 43.9 Å². The summed E-state index contributed by atoms with van der Waals surface area (Å²) in [7, 11) is 1.28. The molecule has 0 fully saturated rings. The van der Waals surface area contributed by atoms with Gasteiger partial charge < -0.3 is 10.5 Å². The maximum atomic E-state index is 12.1. The van der Waals surface area contributed by atoms with E-state index >= 15 is 0 Å². The minimum atomic E-state index is -1.36. The minimum absolute atomic E-state index is 0.151. The maximum Gasteiger partial charge on any atom is 0.135 e. The van der Waals surface area contributed by atoms with Crippen molar-refractivity contribution in [2.45, 2.75) is 6.17 Å². The molecule has 0 aromatic heterocycles. The van der Waals surface area contributed by atoms with Gasteiger partial charge in [0.15, 0.2) is 0 Å². The van der Waals surface area contributed by atoms with Crippen molar-refractivity contribution in [2.75, 3.05) is 20.2 Å². The van der Waals surface area contributed by atoms with Crippen molar-refractivity contribution in [1.29, 1.82) is 0 Å². The molecule has 0 radical (unpaired) electrons. The van der Waals surface area contributed by atoms with E-state index in [0.717, 1.165) is 0 Å². The minimum Gasteiger partial charge on any atom is -0.382 e. The fourth-order valence-electron chi connectivity index (χ4n) is 0.203. The van der Waals surface area contributed by atoms with Crippen LogP contribution in [-0.2, 0) is 4.74 Å². The van der Waals surface area contributed by atoms with E-state index in [9.17, 15) is 4.39 Å². The Hall–Kier alpha value is -0.150. The van der Waals surface area contributed by atoms with Gasteiger partial charge in [0, 0.05) is 13.7 Å². The Kier molecular flexibility index (Phi) is 2.87. The van der Waals surface area contributed by atoms with E-state index in [1.165, 1.54) is 7.11 Å². The third kappa shape index (κ3) is 3.69. The second-order valence-electron chi connectivity index (χ2n) is 1.12. The van der Waals surface area contributed by atoms with E-state index in [2.05, 4.69) is 4.74 Å². The summed E-state index contributed by atoms with van der Waals surface area (Å²) in [6.45, 7) is -1.28. The molecular weight excluding hydrogens is 97.0 g/mol. The molecule has 0 heterocycles. The summed E-state index contributed by atoms with van der Waals surface area (Å²) in [6, 6.07) is 0. The Morgan fingerprint density at radius 3 is 2.86 bits per heavy atom. The van der Waals surface area contributed by atoms with Crippen molar-refractivity contribution < 1.29 is 10.5 Å². The molecule has 0 amide bonds. The molecule has 2 atom stereocenters. The fraction of sp³-hybridized carbons (Fsp3) is 1.00. The quantitative estimate of drug-likeness (QED) is 0.549. The number of alkyl halides is 1.